The van der Waals surface area contributed by atoms with Crippen molar-refractivity contribution in [3.8, 4) is 17.2 Å². The van der Waals surface area contributed by atoms with Gasteiger partial charge in [-0.1, -0.05) is 64.1 Å². The smallest absolute Gasteiger partial charge is 0.244 e. The van der Waals surface area contributed by atoms with Crippen LogP contribution in [0.25, 0.3) is 10.8 Å². The molecule has 0 atom stereocenters. The lowest BCUT2D eigenvalue weighted by molar-refractivity contribution is -0.682. The third-order valence-electron chi connectivity index (χ3n) is 6.75. The zero-order valence-corrected chi connectivity index (χ0v) is 25.8. The number of hydrogen-bond acceptors (Lipinski definition) is 4. The van der Waals surface area contributed by atoms with Gasteiger partial charge < -0.3 is 31.2 Å². The Hall–Kier alpha value is -3.32. The lowest BCUT2D eigenvalue weighted by Crippen LogP contribution is -3.00. The number of rotatable bonds is 14. The standard InChI is InChI=1S/C33H41N2O4.BrH/c1-24(2)14-18-38-32-20-30(33(39-19-15-25(3)4)29-9-7-6-8-28(29)32)31(36)22-35-17-16-34(23-35)21-26-10-12-27(37-5)13-11-26;/h6-13,16-17,20,23-25H,14-15,18-19,21-22H2,1-5H3;1H/q+1;/p-1. The number of ketones is 1. The maximum absolute atomic E-state index is 13.8. The van der Waals surface area contributed by atoms with Crippen LogP contribution in [0.15, 0.2) is 73.3 Å². The van der Waals surface area contributed by atoms with Crippen LogP contribution in [0.5, 0.6) is 17.2 Å². The SMILES string of the molecule is COc1ccc(Cn2cc[n+](CC(=O)c3cc(OCCC(C)C)c4ccccc4c3OCCC(C)C)c2)cc1.[Br-]. The van der Waals surface area contributed by atoms with Gasteiger partial charge in [-0.3, -0.25) is 4.79 Å². The Morgan fingerprint density at radius 1 is 0.900 bits per heavy atom. The first-order valence-corrected chi connectivity index (χ1v) is 13.9. The van der Waals surface area contributed by atoms with Crippen molar-refractivity contribution in [1.82, 2.24) is 4.57 Å². The molecule has 40 heavy (non-hydrogen) atoms. The topological polar surface area (TPSA) is 53.6 Å². The highest BCUT2D eigenvalue weighted by Gasteiger charge is 2.22. The van der Waals surface area contributed by atoms with Crippen LogP contribution in [-0.4, -0.2) is 30.7 Å². The van der Waals surface area contributed by atoms with E-state index in [2.05, 4.69) is 32.3 Å². The van der Waals surface area contributed by atoms with Crippen LogP contribution in [0.1, 0.15) is 56.5 Å². The molecular formula is C33H41BrN2O4. The first-order valence-electron chi connectivity index (χ1n) is 13.9. The summed E-state index contributed by atoms with van der Waals surface area (Å²) in [5, 5.41) is 1.88. The van der Waals surface area contributed by atoms with Gasteiger partial charge in [0.05, 0.1) is 25.9 Å². The molecule has 0 fully saturated rings. The molecule has 0 N–H and O–H groups in total. The number of benzene rings is 3. The van der Waals surface area contributed by atoms with Crippen LogP contribution in [0, 0.1) is 11.8 Å². The quantitative estimate of drug-likeness (QED) is 0.162. The van der Waals surface area contributed by atoms with E-state index in [1.165, 1.54) is 0 Å². The van der Waals surface area contributed by atoms with Crippen molar-refractivity contribution in [2.24, 2.45) is 11.8 Å². The third kappa shape index (κ3) is 8.34. The molecule has 4 rings (SSSR count). The van der Waals surface area contributed by atoms with Crippen molar-refractivity contribution in [2.45, 2.75) is 53.6 Å². The van der Waals surface area contributed by atoms with Gasteiger partial charge in [-0.15, -0.1) is 0 Å². The van der Waals surface area contributed by atoms with Crippen LogP contribution < -0.4 is 35.8 Å². The number of imidazole rings is 1. The van der Waals surface area contributed by atoms with Crippen LogP contribution in [0.4, 0.5) is 0 Å². The molecule has 0 aliphatic heterocycles. The molecular weight excluding hydrogens is 568 g/mol. The minimum Gasteiger partial charge on any atom is -1.00 e. The summed E-state index contributed by atoms with van der Waals surface area (Å²) in [5.41, 5.74) is 1.72. The van der Waals surface area contributed by atoms with Crippen molar-refractivity contribution in [1.29, 1.82) is 0 Å². The first kappa shape index (κ1) is 31.2. The number of halogens is 1. The molecule has 0 amide bonds. The molecule has 0 unspecified atom stereocenters. The normalized spacial score (nSPS) is 11.1. The second-order valence-corrected chi connectivity index (χ2v) is 10.9. The Balaban J connectivity index is 0.00000441. The fraction of sp³-hybridized carbons (Fsp3) is 0.394. The summed E-state index contributed by atoms with van der Waals surface area (Å²) in [5.74, 6) is 3.24. The molecule has 1 heterocycles. The molecule has 214 valence electrons. The summed E-state index contributed by atoms with van der Waals surface area (Å²) in [4.78, 5) is 13.8. The second-order valence-electron chi connectivity index (χ2n) is 10.9. The molecule has 6 nitrogen and oxygen atoms in total. The van der Waals surface area contributed by atoms with Gasteiger partial charge in [0.1, 0.15) is 36.2 Å². The van der Waals surface area contributed by atoms with Gasteiger partial charge in [0.25, 0.3) is 0 Å². The molecule has 3 aromatic carbocycles. The van der Waals surface area contributed by atoms with E-state index in [-0.39, 0.29) is 29.3 Å². The molecule has 1 aromatic heterocycles. The van der Waals surface area contributed by atoms with Gasteiger partial charge in [-0.25, -0.2) is 9.13 Å². The summed E-state index contributed by atoms with van der Waals surface area (Å²) in [6.07, 6.45) is 7.74. The van der Waals surface area contributed by atoms with Crippen molar-refractivity contribution in [3.63, 3.8) is 0 Å². The molecule has 0 aliphatic rings. The summed E-state index contributed by atoms with van der Waals surface area (Å²) in [6, 6.07) is 17.9. The molecule has 7 heteroatoms. The fourth-order valence-corrected chi connectivity index (χ4v) is 4.42. The minimum absolute atomic E-state index is 0. The molecule has 0 spiro atoms. The molecule has 0 radical (unpaired) electrons. The highest BCUT2D eigenvalue weighted by molar-refractivity contribution is 6.06. The minimum atomic E-state index is -0.0128. The number of hydrogen-bond donors (Lipinski definition) is 0. The zero-order valence-electron chi connectivity index (χ0n) is 24.2. The van der Waals surface area contributed by atoms with E-state index in [0.717, 1.165) is 40.7 Å². The predicted molar refractivity (Wildman–Crippen MR) is 155 cm³/mol. The average molecular weight is 610 g/mol. The Morgan fingerprint density at radius 3 is 2.20 bits per heavy atom. The molecule has 4 aromatic rings. The average Bonchev–Trinajstić information content (AvgIpc) is 3.35. The van der Waals surface area contributed by atoms with E-state index in [9.17, 15) is 4.79 Å². The van der Waals surface area contributed by atoms with Crippen LogP contribution in [0.3, 0.4) is 0 Å². The summed E-state index contributed by atoms with van der Waals surface area (Å²) in [6.45, 7) is 10.8. The van der Waals surface area contributed by atoms with Crippen LogP contribution >= 0.6 is 0 Å². The number of aromatic nitrogens is 2. The van der Waals surface area contributed by atoms with Crippen LogP contribution in [-0.2, 0) is 13.1 Å². The van der Waals surface area contributed by atoms with Gasteiger partial charge in [0.2, 0.25) is 12.1 Å². The molecule has 0 bridgehead atoms. The number of ether oxygens (including phenoxy) is 3. The highest BCUT2D eigenvalue weighted by atomic mass is 79.9. The Labute approximate surface area is 248 Å². The summed E-state index contributed by atoms with van der Waals surface area (Å²) >= 11 is 0. The number of carbonyl (C=O) groups is 1. The monoisotopic (exact) mass is 608 g/mol. The zero-order chi connectivity index (χ0) is 27.8. The fourth-order valence-electron chi connectivity index (χ4n) is 4.42. The Morgan fingerprint density at radius 2 is 1.55 bits per heavy atom. The van der Waals surface area contributed by atoms with Crippen molar-refractivity contribution in [3.05, 3.63) is 84.4 Å². The van der Waals surface area contributed by atoms with Gasteiger partial charge in [0, 0.05) is 10.8 Å². The van der Waals surface area contributed by atoms with E-state index >= 15 is 0 Å². The number of methoxy groups -OCH3 is 1. The maximum atomic E-state index is 13.8. The lowest BCUT2D eigenvalue weighted by atomic mass is 10.0. The van der Waals surface area contributed by atoms with E-state index in [1.54, 1.807) is 7.11 Å². The number of nitrogens with zero attached hydrogens (tertiary/aromatic N) is 2. The third-order valence-corrected chi connectivity index (χ3v) is 6.75. The van der Waals surface area contributed by atoms with Crippen LogP contribution in [0.2, 0.25) is 0 Å². The van der Waals surface area contributed by atoms with Gasteiger partial charge in [0.15, 0.2) is 6.54 Å². The number of Topliss-reactive ketones (excluding diaryl/α,β-unsaturated/α-hetero) is 1. The maximum Gasteiger partial charge on any atom is 0.244 e. The van der Waals surface area contributed by atoms with Gasteiger partial charge in [-0.05, 0) is 48.4 Å². The summed E-state index contributed by atoms with van der Waals surface area (Å²) in [7, 11) is 1.66. The molecule has 0 saturated heterocycles. The number of carbonyl (C=O) groups excluding carboxylic acids is 1. The first-order chi connectivity index (χ1) is 18.8. The molecule has 0 saturated carbocycles. The van der Waals surface area contributed by atoms with Crippen molar-refractivity contribution in [2.75, 3.05) is 20.3 Å². The highest BCUT2D eigenvalue weighted by Crippen LogP contribution is 2.37. The Bertz CT molecular complexity index is 1380. The van der Waals surface area contributed by atoms with Crippen molar-refractivity contribution >= 4 is 16.6 Å². The van der Waals surface area contributed by atoms with E-state index in [0.29, 0.717) is 42.9 Å². The van der Waals surface area contributed by atoms with Crippen molar-refractivity contribution < 1.29 is 40.6 Å². The van der Waals surface area contributed by atoms with Gasteiger partial charge >= 0.3 is 0 Å². The molecule has 0 aliphatic carbocycles. The van der Waals surface area contributed by atoms with Gasteiger partial charge in [-0.2, -0.15) is 0 Å². The van der Waals surface area contributed by atoms with E-state index < -0.39 is 0 Å². The Kier molecular flexibility index (Phi) is 11.6. The van der Waals surface area contributed by atoms with E-state index in [1.807, 2.05) is 77.9 Å². The second kappa shape index (κ2) is 14.9. The number of fused-ring (bicyclic) bond motifs is 1. The predicted octanol–water partition coefficient (Wildman–Crippen LogP) is 3.72. The summed E-state index contributed by atoms with van der Waals surface area (Å²) < 4.78 is 21.8. The van der Waals surface area contributed by atoms with E-state index in [4.69, 9.17) is 14.2 Å². The lowest BCUT2D eigenvalue weighted by Gasteiger charge is -2.18. The largest absolute Gasteiger partial charge is 1.00 e.